The van der Waals surface area contributed by atoms with Crippen molar-refractivity contribution < 1.29 is 14.3 Å². The van der Waals surface area contributed by atoms with Crippen LogP contribution in [0.4, 0.5) is 0 Å². The summed E-state index contributed by atoms with van der Waals surface area (Å²) in [5.41, 5.74) is 2.62. The first-order valence-electron chi connectivity index (χ1n) is 4.21. The van der Waals surface area contributed by atoms with E-state index in [-0.39, 0.29) is 6.47 Å². The predicted molar refractivity (Wildman–Crippen MR) is 51.0 cm³/mol. The van der Waals surface area contributed by atoms with Crippen LogP contribution in [0, 0.1) is 20.8 Å². The zero-order chi connectivity index (χ0) is 10.4. The van der Waals surface area contributed by atoms with E-state index >= 15 is 0 Å². The second-order valence-corrected chi connectivity index (χ2v) is 2.79. The van der Waals surface area contributed by atoms with Crippen LogP contribution >= 0.6 is 0 Å². The van der Waals surface area contributed by atoms with Crippen LogP contribution in [-0.4, -0.2) is 11.6 Å². The van der Waals surface area contributed by atoms with Gasteiger partial charge in [0.05, 0.1) is 0 Å². The molecule has 0 radical (unpaired) electrons. The Kier molecular flexibility index (Phi) is 4.89. The minimum atomic E-state index is -0.250. The van der Waals surface area contributed by atoms with E-state index in [4.69, 9.17) is 14.3 Å². The second-order valence-electron chi connectivity index (χ2n) is 2.79. The highest BCUT2D eigenvalue weighted by Gasteiger charge is 2.06. The number of rotatable bonds is 1. The van der Waals surface area contributed by atoms with Crippen LogP contribution in [0.5, 0.6) is 0 Å². The molecule has 1 aromatic heterocycles. The van der Waals surface area contributed by atoms with Crippen molar-refractivity contribution in [3.05, 3.63) is 22.6 Å². The van der Waals surface area contributed by atoms with E-state index in [1.54, 1.807) is 0 Å². The largest absolute Gasteiger partial charge is 0.483 e. The highest BCUT2D eigenvalue weighted by atomic mass is 16.3. The van der Waals surface area contributed by atoms with Crippen LogP contribution < -0.4 is 0 Å². The third kappa shape index (κ3) is 2.93. The summed E-state index contributed by atoms with van der Waals surface area (Å²) in [5.74, 6) is 2.20. The van der Waals surface area contributed by atoms with Crippen LogP contribution in [0.1, 0.15) is 29.6 Å². The van der Waals surface area contributed by atoms with E-state index in [9.17, 15) is 0 Å². The molecule has 0 aliphatic rings. The Hall–Kier alpha value is -1.25. The highest BCUT2D eigenvalue weighted by molar-refractivity contribution is 5.32. The molecule has 0 aliphatic heterocycles. The minimum Gasteiger partial charge on any atom is -0.483 e. The van der Waals surface area contributed by atoms with Gasteiger partial charge >= 0.3 is 0 Å². The van der Waals surface area contributed by atoms with Crippen molar-refractivity contribution in [2.75, 3.05) is 0 Å². The van der Waals surface area contributed by atoms with Crippen molar-refractivity contribution in [1.29, 1.82) is 0 Å². The second kappa shape index (κ2) is 5.41. The number of furan rings is 1. The van der Waals surface area contributed by atoms with Gasteiger partial charge in [-0.2, -0.15) is 0 Å². The van der Waals surface area contributed by atoms with Crippen molar-refractivity contribution in [3.63, 3.8) is 0 Å². The van der Waals surface area contributed by atoms with Gasteiger partial charge in [-0.3, -0.25) is 4.79 Å². The molecule has 0 spiro atoms. The summed E-state index contributed by atoms with van der Waals surface area (Å²) in [6.45, 7) is 8.10. The molecule has 1 aromatic rings. The molecule has 0 bridgehead atoms. The minimum absolute atomic E-state index is 0.250. The van der Waals surface area contributed by atoms with Crippen molar-refractivity contribution in [2.45, 2.75) is 34.1 Å². The summed E-state index contributed by atoms with van der Waals surface area (Å²) in [7, 11) is 0. The monoisotopic (exact) mass is 184 g/mol. The summed E-state index contributed by atoms with van der Waals surface area (Å²) in [4.78, 5) is 8.36. The van der Waals surface area contributed by atoms with E-state index in [0.29, 0.717) is 0 Å². The number of hydrogen-bond donors (Lipinski definition) is 1. The molecule has 0 atom stereocenters. The van der Waals surface area contributed by atoms with Gasteiger partial charge in [0.2, 0.25) is 0 Å². The molecule has 0 aromatic carbocycles. The maximum absolute atomic E-state index is 8.36. The third-order valence-electron chi connectivity index (χ3n) is 2.11. The SMILES string of the molecule is CCc1oc(C)c(C)c1C.O=CO. The molecule has 1 rings (SSSR count). The van der Waals surface area contributed by atoms with Crippen LogP contribution in [-0.2, 0) is 11.2 Å². The Labute approximate surface area is 78.4 Å². The van der Waals surface area contributed by atoms with Gasteiger partial charge in [-0.1, -0.05) is 6.92 Å². The van der Waals surface area contributed by atoms with Crippen molar-refractivity contribution in [2.24, 2.45) is 0 Å². The molecule has 3 heteroatoms. The Balaban J connectivity index is 0.000000424. The number of aryl methyl sites for hydroxylation is 2. The zero-order valence-corrected chi connectivity index (χ0v) is 8.55. The summed E-state index contributed by atoms with van der Waals surface area (Å²) in [6.07, 6.45) is 1.00. The summed E-state index contributed by atoms with van der Waals surface area (Å²) < 4.78 is 5.49. The maximum Gasteiger partial charge on any atom is 0.290 e. The standard InChI is InChI=1S/C9H14O.CH2O2/c1-5-9-7(3)6(2)8(4)10-9;2-1-3/h5H2,1-4H3;1H,(H,2,3). The fraction of sp³-hybridized carbons (Fsp3) is 0.500. The predicted octanol–water partition coefficient (Wildman–Crippen LogP) is 2.47. The molecule has 0 saturated heterocycles. The Bertz CT molecular complexity index is 274. The maximum atomic E-state index is 8.36. The molecular weight excluding hydrogens is 168 g/mol. The van der Waals surface area contributed by atoms with E-state index in [2.05, 4.69) is 20.8 Å². The molecule has 74 valence electrons. The summed E-state index contributed by atoms with van der Waals surface area (Å²) >= 11 is 0. The first-order chi connectivity index (χ1) is 6.08. The Morgan fingerprint density at radius 3 is 1.92 bits per heavy atom. The summed E-state index contributed by atoms with van der Waals surface area (Å²) in [6, 6.07) is 0. The van der Waals surface area contributed by atoms with Crippen LogP contribution in [0.2, 0.25) is 0 Å². The van der Waals surface area contributed by atoms with Crippen molar-refractivity contribution in [1.82, 2.24) is 0 Å². The van der Waals surface area contributed by atoms with Gasteiger partial charge < -0.3 is 9.52 Å². The van der Waals surface area contributed by atoms with E-state index in [1.807, 2.05) is 6.92 Å². The van der Waals surface area contributed by atoms with Crippen LogP contribution in [0.15, 0.2) is 4.42 Å². The molecule has 13 heavy (non-hydrogen) atoms. The van der Waals surface area contributed by atoms with E-state index in [0.717, 1.165) is 17.9 Å². The molecule has 0 unspecified atom stereocenters. The van der Waals surface area contributed by atoms with Crippen LogP contribution in [0.25, 0.3) is 0 Å². The number of carboxylic acid groups (broad SMARTS) is 1. The molecular formula is C10H16O3. The van der Waals surface area contributed by atoms with Gasteiger partial charge in [0.15, 0.2) is 0 Å². The third-order valence-corrected chi connectivity index (χ3v) is 2.11. The molecule has 0 amide bonds. The molecule has 1 N–H and O–H groups in total. The first-order valence-corrected chi connectivity index (χ1v) is 4.21. The lowest BCUT2D eigenvalue weighted by Crippen LogP contribution is -1.79. The van der Waals surface area contributed by atoms with Gasteiger partial charge in [0.1, 0.15) is 11.5 Å². The average Bonchev–Trinajstić information content (AvgIpc) is 2.34. The molecule has 0 saturated carbocycles. The summed E-state index contributed by atoms with van der Waals surface area (Å²) in [5, 5.41) is 6.89. The smallest absolute Gasteiger partial charge is 0.290 e. The molecule has 1 heterocycles. The van der Waals surface area contributed by atoms with E-state index in [1.165, 1.54) is 11.1 Å². The fourth-order valence-corrected chi connectivity index (χ4v) is 1.15. The molecule has 3 nitrogen and oxygen atoms in total. The van der Waals surface area contributed by atoms with E-state index < -0.39 is 0 Å². The van der Waals surface area contributed by atoms with Gasteiger partial charge in [-0.25, -0.2) is 0 Å². The van der Waals surface area contributed by atoms with Gasteiger partial charge in [-0.05, 0) is 31.9 Å². The van der Waals surface area contributed by atoms with Gasteiger partial charge in [-0.15, -0.1) is 0 Å². The lowest BCUT2D eigenvalue weighted by Gasteiger charge is -1.89. The Morgan fingerprint density at radius 1 is 1.31 bits per heavy atom. The first kappa shape index (κ1) is 11.8. The van der Waals surface area contributed by atoms with Crippen molar-refractivity contribution in [3.8, 4) is 0 Å². The normalized spacial score (nSPS) is 8.92. The number of hydrogen-bond acceptors (Lipinski definition) is 2. The van der Waals surface area contributed by atoms with Gasteiger partial charge in [0, 0.05) is 6.42 Å². The van der Waals surface area contributed by atoms with Gasteiger partial charge in [0.25, 0.3) is 6.47 Å². The van der Waals surface area contributed by atoms with Crippen LogP contribution in [0.3, 0.4) is 0 Å². The molecule has 0 fully saturated rings. The quantitative estimate of drug-likeness (QED) is 0.682. The average molecular weight is 184 g/mol. The lowest BCUT2D eigenvalue weighted by atomic mass is 10.1. The topological polar surface area (TPSA) is 50.4 Å². The number of carbonyl (C=O) groups is 1. The molecule has 0 aliphatic carbocycles. The van der Waals surface area contributed by atoms with Crippen molar-refractivity contribution >= 4 is 6.47 Å². The zero-order valence-electron chi connectivity index (χ0n) is 8.55. The highest BCUT2D eigenvalue weighted by Crippen LogP contribution is 2.20. The Morgan fingerprint density at radius 2 is 1.77 bits per heavy atom. The fourth-order valence-electron chi connectivity index (χ4n) is 1.15. The lowest BCUT2D eigenvalue weighted by molar-refractivity contribution is -0.122.